The Morgan fingerprint density at radius 3 is 2.46 bits per heavy atom. The molecule has 0 spiro atoms. The molecule has 1 N–H and O–H groups in total. The fraction of sp³-hybridized carbons (Fsp3) is 0.409. The lowest BCUT2D eigenvalue weighted by Gasteiger charge is -2.34. The van der Waals surface area contributed by atoms with Gasteiger partial charge >= 0.3 is 6.16 Å². The van der Waals surface area contributed by atoms with Crippen LogP contribution in [0.25, 0.3) is 0 Å². The predicted octanol–water partition coefficient (Wildman–Crippen LogP) is 6.74. The van der Waals surface area contributed by atoms with Crippen LogP contribution < -0.4 is 5.32 Å². The molecular formula is C22H25Cl2NO3. The van der Waals surface area contributed by atoms with Gasteiger partial charge < -0.3 is 14.8 Å². The van der Waals surface area contributed by atoms with Gasteiger partial charge in [-0.25, -0.2) is 4.79 Å². The molecule has 0 saturated heterocycles. The summed E-state index contributed by atoms with van der Waals surface area (Å²) in [4.78, 5) is 11.8. The summed E-state index contributed by atoms with van der Waals surface area (Å²) in [6.45, 7) is 8.55. The molecule has 3 rings (SSSR count). The van der Waals surface area contributed by atoms with E-state index < -0.39 is 12.4 Å². The van der Waals surface area contributed by atoms with Crippen LogP contribution in [-0.2, 0) is 14.9 Å². The second-order valence-corrected chi connectivity index (χ2v) is 8.79. The number of ether oxygens (including phenoxy) is 2. The molecule has 0 radical (unpaired) electrons. The van der Waals surface area contributed by atoms with Crippen molar-refractivity contribution in [2.24, 2.45) is 0 Å². The van der Waals surface area contributed by atoms with E-state index in [-0.39, 0.29) is 17.9 Å². The number of carbonyl (C=O) groups excluding carboxylic acids is 1. The summed E-state index contributed by atoms with van der Waals surface area (Å²) in [6, 6.07) is 12.1. The quantitative estimate of drug-likeness (QED) is 0.557. The Bertz CT molecular complexity index is 859. The lowest BCUT2D eigenvalue weighted by molar-refractivity contribution is 0.0301. The van der Waals surface area contributed by atoms with E-state index >= 15 is 0 Å². The number of halogens is 2. The van der Waals surface area contributed by atoms with Crippen molar-refractivity contribution in [3.05, 3.63) is 63.1 Å². The van der Waals surface area contributed by atoms with Gasteiger partial charge in [0.05, 0.1) is 6.61 Å². The van der Waals surface area contributed by atoms with Crippen molar-refractivity contribution in [1.82, 2.24) is 0 Å². The maximum atomic E-state index is 11.8. The summed E-state index contributed by atoms with van der Waals surface area (Å²) in [7, 11) is 0. The van der Waals surface area contributed by atoms with Gasteiger partial charge in [0.25, 0.3) is 0 Å². The van der Waals surface area contributed by atoms with E-state index in [1.807, 2.05) is 0 Å². The van der Waals surface area contributed by atoms with Crippen LogP contribution in [0.1, 0.15) is 56.7 Å². The van der Waals surface area contributed by atoms with E-state index in [1.54, 1.807) is 19.1 Å². The maximum absolute atomic E-state index is 11.8. The zero-order valence-electron chi connectivity index (χ0n) is 16.5. The Kier molecular flexibility index (Phi) is 6.11. The van der Waals surface area contributed by atoms with Crippen molar-refractivity contribution < 1.29 is 14.3 Å². The van der Waals surface area contributed by atoms with Gasteiger partial charge in [-0.15, -0.1) is 0 Å². The van der Waals surface area contributed by atoms with Crippen molar-refractivity contribution in [1.29, 1.82) is 0 Å². The van der Waals surface area contributed by atoms with Gasteiger partial charge in [0.2, 0.25) is 0 Å². The average molecular weight is 422 g/mol. The molecule has 0 aliphatic carbocycles. The minimum Gasteiger partial charge on any atom is -0.435 e. The molecule has 0 saturated carbocycles. The molecule has 1 aliphatic rings. The van der Waals surface area contributed by atoms with Crippen LogP contribution in [0.2, 0.25) is 10.0 Å². The molecule has 2 aromatic carbocycles. The Balaban J connectivity index is 1.97. The van der Waals surface area contributed by atoms with Crippen molar-refractivity contribution in [3.63, 3.8) is 0 Å². The van der Waals surface area contributed by atoms with Crippen molar-refractivity contribution in [2.75, 3.05) is 11.9 Å². The molecule has 1 aliphatic heterocycles. The first-order chi connectivity index (χ1) is 13.2. The summed E-state index contributed by atoms with van der Waals surface area (Å²) in [5, 5.41) is 4.33. The molecule has 0 bridgehead atoms. The smallest absolute Gasteiger partial charge is 0.435 e. The number of rotatable bonds is 3. The van der Waals surface area contributed by atoms with Crippen LogP contribution in [-0.4, -0.2) is 19.0 Å². The lowest BCUT2D eigenvalue weighted by Crippen LogP contribution is -2.33. The summed E-state index contributed by atoms with van der Waals surface area (Å²) >= 11 is 12.7. The first-order valence-corrected chi connectivity index (χ1v) is 10.1. The van der Waals surface area contributed by atoms with Crippen LogP contribution in [0.4, 0.5) is 10.5 Å². The lowest BCUT2D eigenvalue weighted by atomic mass is 9.81. The van der Waals surface area contributed by atoms with E-state index in [2.05, 4.69) is 50.4 Å². The molecule has 150 valence electrons. The largest absolute Gasteiger partial charge is 0.510 e. The molecule has 6 heteroatoms. The second kappa shape index (κ2) is 8.22. The van der Waals surface area contributed by atoms with Gasteiger partial charge in [-0.05, 0) is 35.6 Å². The molecular weight excluding hydrogens is 397 g/mol. The highest BCUT2D eigenvalue weighted by molar-refractivity contribution is 6.35. The maximum Gasteiger partial charge on any atom is 0.510 e. The number of carbonyl (C=O) groups is 1. The molecule has 28 heavy (non-hydrogen) atoms. The Labute approximate surface area is 176 Å². The summed E-state index contributed by atoms with van der Waals surface area (Å²) in [5.41, 5.74) is 4.16. The zero-order chi connectivity index (χ0) is 20.5. The van der Waals surface area contributed by atoms with Crippen molar-refractivity contribution in [3.8, 4) is 0 Å². The van der Waals surface area contributed by atoms with Gasteiger partial charge in [-0.2, -0.15) is 0 Å². The van der Waals surface area contributed by atoms with E-state index in [0.717, 1.165) is 16.8 Å². The summed E-state index contributed by atoms with van der Waals surface area (Å²) in [5.74, 6) is -0.0329. The van der Waals surface area contributed by atoms with Crippen LogP contribution in [0.15, 0.2) is 36.4 Å². The third kappa shape index (κ3) is 4.56. The number of benzene rings is 2. The standard InChI is InChI=1S/C22H25Cl2NO3/c1-5-27-21(26)28-19-12-16(13-6-8-14(9-7-13)22(2,3)4)20-17(24)10-15(23)11-18(20)25-19/h6-11,16,19,25H,5,12H2,1-4H3. The third-order valence-electron chi connectivity index (χ3n) is 4.89. The van der Waals surface area contributed by atoms with Crippen LogP contribution in [0.3, 0.4) is 0 Å². The molecule has 2 aromatic rings. The fourth-order valence-electron chi connectivity index (χ4n) is 3.49. The minimum atomic E-state index is -0.696. The van der Waals surface area contributed by atoms with Gasteiger partial charge in [0.15, 0.2) is 6.23 Å². The fourth-order valence-corrected chi connectivity index (χ4v) is 4.11. The molecule has 0 amide bonds. The van der Waals surface area contributed by atoms with E-state index in [4.69, 9.17) is 32.7 Å². The highest BCUT2D eigenvalue weighted by Gasteiger charge is 2.32. The Morgan fingerprint density at radius 2 is 1.86 bits per heavy atom. The highest BCUT2D eigenvalue weighted by Crippen LogP contribution is 2.44. The number of fused-ring (bicyclic) bond motifs is 1. The molecule has 2 unspecified atom stereocenters. The monoisotopic (exact) mass is 421 g/mol. The first kappa shape index (κ1) is 20.8. The summed E-state index contributed by atoms with van der Waals surface area (Å²) in [6.07, 6.45) is -0.686. The van der Waals surface area contributed by atoms with Crippen molar-refractivity contribution in [2.45, 2.75) is 51.7 Å². The van der Waals surface area contributed by atoms with Gasteiger partial charge in [0, 0.05) is 33.6 Å². The van der Waals surface area contributed by atoms with E-state index in [9.17, 15) is 4.79 Å². The SMILES string of the molecule is CCOC(=O)OC1CC(c2ccc(C(C)(C)C)cc2)c2c(Cl)cc(Cl)cc2N1. The number of hydrogen-bond donors (Lipinski definition) is 1. The van der Waals surface area contributed by atoms with E-state index in [1.165, 1.54) is 5.56 Å². The van der Waals surface area contributed by atoms with Gasteiger partial charge in [-0.1, -0.05) is 68.2 Å². The number of anilines is 1. The molecule has 2 atom stereocenters. The Morgan fingerprint density at radius 1 is 1.18 bits per heavy atom. The first-order valence-electron chi connectivity index (χ1n) is 9.38. The van der Waals surface area contributed by atoms with Crippen LogP contribution in [0, 0.1) is 0 Å². The van der Waals surface area contributed by atoms with Crippen LogP contribution >= 0.6 is 23.2 Å². The van der Waals surface area contributed by atoms with Gasteiger partial charge in [-0.3, -0.25) is 0 Å². The topological polar surface area (TPSA) is 47.6 Å². The molecule has 0 aromatic heterocycles. The second-order valence-electron chi connectivity index (χ2n) is 7.94. The van der Waals surface area contributed by atoms with E-state index in [0.29, 0.717) is 16.5 Å². The molecule has 4 nitrogen and oxygen atoms in total. The van der Waals surface area contributed by atoms with Crippen molar-refractivity contribution >= 4 is 35.0 Å². The normalized spacial score (nSPS) is 18.8. The third-order valence-corrected chi connectivity index (χ3v) is 5.42. The molecule has 0 fully saturated rings. The molecule has 1 heterocycles. The minimum absolute atomic E-state index is 0.0329. The summed E-state index contributed by atoms with van der Waals surface area (Å²) < 4.78 is 10.4. The van der Waals surface area contributed by atoms with Crippen LogP contribution in [0.5, 0.6) is 0 Å². The Hall–Kier alpha value is -1.91. The highest BCUT2D eigenvalue weighted by atomic mass is 35.5. The number of nitrogens with one attached hydrogen (secondary N) is 1. The number of hydrogen-bond acceptors (Lipinski definition) is 4. The zero-order valence-corrected chi connectivity index (χ0v) is 18.0. The van der Waals surface area contributed by atoms with Gasteiger partial charge in [0.1, 0.15) is 0 Å². The average Bonchev–Trinajstić information content (AvgIpc) is 2.60. The predicted molar refractivity (Wildman–Crippen MR) is 114 cm³/mol.